The summed E-state index contributed by atoms with van der Waals surface area (Å²) in [7, 11) is -0.490. The zero-order valence-corrected chi connectivity index (χ0v) is 40.3. The van der Waals surface area contributed by atoms with Gasteiger partial charge in [-0.1, -0.05) is 33.0 Å². The number of hydrogen-bond donors (Lipinski definition) is 3. The third kappa shape index (κ3) is 8.15. The first-order valence-electron chi connectivity index (χ1n) is 22.8. The summed E-state index contributed by atoms with van der Waals surface area (Å²) in [4.78, 5) is 65.1. The van der Waals surface area contributed by atoms with E-state index in [1.54, 1.807) is 33.5 Å². The fourth-order valence-electron chi connectivity index (χ4n) is 9.74. The second kappa shape index (κ2) is 16.4. The number of aromatic nitrogens is 6. The summed E-state index contributed by atoms with van der Waals surface area (Å²) < 4.78 is 36.4. The Morgan fingerprint density at radius 1 is 0.939 bits per heavy atom. The number of carbonyl (C=O) groups is 3. The molecule has 3 amide bonds. The number of fused-ring (bicyclic) bond motifs is 5. The third-order valence-electron chi connectivity index (χ3n) is 13.1. The number of benzene rings is 2. The van der Waals surface area contributed by atoms with Crippen LogP contribution in [0.5, 0.6) is 5.75 Å². The number of likely N-dealkylation sites (tertiary alicyclic amines) is 1. The van der Waals surface area contributed by atoms with Crippen LogP contribution >= 0.6 is 11.3 Å². The minimum atomic E-state index is -1.77. The number of alkyl carbamates (subject to hydrolysis) is 1. The Labute approximate surface area is 387 Å². The van der Waals surface area contributed by atoms with Gasteiger partial charge in [0.1, 0.15) is 34.9 Å². The number of ether oxygens (including phenoxy) is 3. The lowest BCUT2D eigenvalue weighted by molar-refractivity contribution is -0.135. The maximum atomic E-state index is 16.9. The number of methoxy groups -OCH3 is 1. The molecule has 4 aromatic heterocycles. The first-order valence-corrected chi connectivity index (χ1v) is 27.0. The molecule has 3 fully saturated rings. The molecule has 4 atom stereocenters. The van der Waals surface area contributed by atoms with E-state index in [2.05, 4.69) is 39.0 Å². The van der Waals surface area contributed by atoms with E-state index >= 15 is 4.39 Å². The Balaban J connectivity index is 0.980. The van der Waals surface area contributed by atoms with E-state index in [1.807, 2.05) is 65.1 Å². The average Bonchev–Trinajstić information content (AvgIpc) is 3.94. The van der Waals surface area contributed by atoms with Crippen LogP contribution in [0.15, 0.2) is 55.0 Å². The Hall–Kier alpha value is -6.01. The number of thiazole rings is 1. The van der Waals surface area contributed by atoms with Crippen molar-refractivity contribution in [2.75, 3.05) is 19.8 Å². The van der Waals surface area contributed by atoms with Crippen LogP contribution in [-0.4, -0.2) is 96.9 Å². The molecule has 3 aliphatic heterocycles. The lowest BCUT2D eigenvalue weighted by Gasteiger charge is -2.30. The lowest BCUT2D eigenvalue weighted by atomic mass is 10.0. The minimum absolute atomic E-state index is 0.144. The van der Waals surface area contributed by atoms with Crippen molar-refractivity contribution >= 4 is 48.4 Å². The summed E-state index contributed by atoms with van der Waals surface area (Å²) in [5.74, 6) is 1.42. The molecule has 18 heteroatoms. The molecule has 0 bridgehead atoms. The van der Waals surface area contributed by atoms with Crippen molar-refractivity contribution in [2.45, 2.75) is 115 Å². The molecule has 10 rings (SSSR count). The van der Waals surface area contributed by atoms with Gasteiger partial charge in [-0.25, -0.2) is 28.9 Å². The first-order chi connectivity index (χ1) is 31.4. The standard InChI is InChI=1S/C48H56FN9O6SSi/c1-25(2)40(55-46(60)62-6)44(59)56-15-9-10-34(56)41-50-20-31(53-41)27-13-14-33-29(16-27)18-35-39-30(49)17-28(19-37(39)63-45(58(33)35)38-22-52-43(65-38)26-11-12-26)32-21-51-42(54-32)36-23-66(7,8)24-57(36)47(61)64-48(3,4)5/h13-14,16-22,25-26,34,36,40,45H,9-12,15,23-24H2,1-8H3,(H,50,53)(H,51,54)(H,55,60)/t34-,36-,40-,45-/m0/s1. The molecule has 1 saturated carbocycles. The van der Waals surface area contributed by atoms with Crippen LogP contribution in [-0.2, 0) is 14.3 Å². The van der Waals surface area contributed by atoms with E-state index < -0.39 is 37.9 Å². The summed E-state index contributed by atoms with van der Waals surface area (Å²) in [5, 5.41) is 4.68. The molecule has 0 radical (unpaired) electrons. The van der Waals surface area contributed by atoms with Crippen LogP contribution in [0.2, 0.25) is 19.1 Å². The van der Waals surface area contributed by atoms with Gasteiger partial charge < -0.3 is 39.3 Å². The van der Waals surface area contributed by atoms with E-state index in [0.717, 1.165) is 63.8 Å². The number of amides is 3. The van der Waals surface area contributed by atoms with Gasteiger partial charge in [0.05, 0.1) is 77.7 Å². The van der Waals surface area contributed by atoms with E-state index in [4.69, 9.17) is 29.2 Å². The summed E-state index contributed by atoms with van der Waals surface area (Å²) in [6.45, 7) is 14.5. The zero-order valence-electron chi connectivity index (χ0n) is 38.5. The number of H-pyrrole nitrogens is 2. The summed E-state index contributed by atoms with van der Waals surface area (Å²) in [5.41, 5.74) is 4.13. The second-order valence-corrected chi connectivity index (χ2v) is 26.4. The first kappa shape index (κ1) is 43.9. The molecule has 0 unspecified atom stereocenters. The van der Waals surface area contributed by atoms with Gasteiger partial charge in [0.25, 0.3) is 0 Å². The van der Waals surface area contributed by atoms with Crippen molar-refractivity contribution in [1.29, 1.82) is 0 Å². The maximum absolute atomic E-state index is 16.9. The summed E-state index contributed by atoms with van der Waals surface area (Å²) >= 11 is 1.64. The molecule has 3 N–H and O–H groups in total. The number of rotatable bonds is 9. The quantitative estimate of drug-likeness (QED) is 0.119. The molecule has 6 aromatic rings. The molecule has 1 aliphatic carbocycles. The van der Waals surface area contributed by atoms with Gasteiger partial charge in [0, 0.05) is 41.3 Å². The Morgan fingerprint density at radius 2 is 1.67 bits per heavy atom. The summed E-state index contributed by atoms with van der Waals surface area (Å²) in [6.07, 6.45) is 8.20. The highest BCUT2D eigenvalue weighted by molar-refractivity contribution is 7.11. The van der Waals surface area contributed by atoms with Gasteiger partial charge >= 0.3 is 12.2 Å². The smallest absolute Gasteiger partial charge is 0.410 e. The Morgan fingerprint density at radius 3 is 2.36 bits per heavy atom. The molecule has 66 heavy (non-hydrogen) atoms. The third-order valence-corrected chi connectivity index (χ3v) is 16.9. The van der Waals surface area contributed by atoms with Gasteiger partial charge in [-0.2, -0.15) is 0 Å². The summed E-state index contributed by atoms with van der Waals surface area (Å²) in [6, 6.07) is 11.0. The van der Waals surface area contributed by atoms with Crippen LogP contribution in [0.1, 0.15) is 106 Å². The predicted molar refractivity (Wildman–Crippen MR) is 251 cm³/mol. The fourth-order valence-corrected chi connectivity index (χ4v) is 13.7. The number of halogens is 1. The van der Waals surface area contributed by atoms with Gasteiger partial charge in [-0.15, -0.1) is 11.3 Å². The van der Waals surface area contributed by atoms with Crippen molar-refractivity contribution in [1.82, 2.24) is 44.6 Å². The SMILES string of the molecule is COC(=O)N[C@H](C(=O)N1CCC[C@H]1c1ncc(-c2ccc3c(c2)cc2n3[C@H](c3cnc(C4CC4)s3)Oc3cc(-c4cnc([C@@H]5C[Si](C)(C)CN5C(=O)OC(C)(C)C)[nH]4)cc(F)c3-2)[nH]1)C(C)C. The minimum Gasteiger partial charge on any atom is -0.464 e. The van der Waals surface area contributed by atoms with E-state index in [-0.39, 0.29) is 30.0 Å². The highest BCUT2D eigenvalue weighted by Gasteiger charge is 2.45. The van der Waals surface area contributed by atoms with Gasteiger partial charge in [0.2, 0.25) is 12.1 Å². The Bertz CT molecular complexity index is 2870. The molecule has 15 nitrogen and oxygen atoms in total. The van der Waals surface area contributed by atoms with Crippen molar-refractivity contribution in [3.8, 4) is 39.5 Å². The molecular formula is C48H56FN9O6SSi. The number of nitrogens with one attached hydrogen (secondary N) is 3. The van der Waals surface area contributed by atoms with Crippen molar-refractivity contribution in [2.24, 2.45) is 5.92 Å². The average molecular weight is 934 g/mol. The van der Waals surface area contributed by atoms with Crippen LogP contribution in [0, 0.1) is 11.7 Å². The number of nitrogens with zero attached hydrogens (tertiary/aromatic N) is 6. The molecule has 7 heterocycles. The molecular weight excluding hydrogens is 878 g/mol. The maximum Gasteiger partial charge on any atom is 0.410 e. The van der Waals surface area contributed by atoms with Crippen LogP contribution in [0.25, 0.3) is 44.7 Å². The largest absolute Gasteiger partial charge is 0.464 e. The number of aromatic amines is 2. The van der Waals surface area contributed by atoms with Crippen molar-refractivity contribution in [3.63, 3.8) is 0 Å². The van der Waals surface area contributed by atoms with Crippen LogP contribution in [0.3, 0.4) is 0 Å². The molecule has 2 aromatic carbocycles. The lowest BCUT2D eigenvalue weighted by Crippen LogP contribution is -2.51. The van der Waals surface area contributed by atoms with Gasteiger partial charge in [0.15, 0.2) is 0 Å². The van der Waals surface area contributed by atoms with Crippen LogP contribution < -0.4 is 10.1 Å². The van der Waals surface area contributed by atoms with E-state index in [0.29, 0.717) is 58.5 Å². The van der Waals surface area contributed by atoms with E-state index in [1.165, 1.54) is 13.2 Å². The molecule has 4 aliphatic rings. The highest BCUT2D eigenvalue weighted by Crippen LogP contribution is 2.50. The number of carbonyl (C=O) groups excluding carboxylic acids is 3. The topological polar surface area (TPSA) is 173 Å². The second-order valence-electron chi connectivity index (χ2n) is 20.3. The number of hydrogen-bond acceptors (Lipinski definition) is 10. The van der Waals surface area contributed by atoms with E-state index in [9.17, 15) is 14.4 Å². The molecule has 0 spiro atoms. The highest BCUT2D eigenvalue weighted by atomic mass is 32.1. The van der Waals surface area contributed by atoms with Crippen LogP contribution in [0.4, 0.5) is 14.0 Å². The molecule has 346 valence electrons. The van der Waals surface area contributed by atoms with Gasteiger partial charge in [-0.3, -0.25) is 9.36 Å². The zero-order chi connectivity index (χ0) is 46.4. The van der Waals surface area contributed by atoms with Crippen molar-refractivity contribution < 1.29 is 33.0 Å². The monoisotopic (exact) mass is 933 g/mol. The normalized spacial score (nSPS) is 20.6. The molecule has 2 saturated heterocycles. The van der Waals surface area contributed by atoms with Crippen molar-refractivity contribution in [3.05, 3.63) is 82.3 Å². The Kier molecular flexibility index (Phi) is 10.9. The van der Waals surface area contributed by atoms with Gasteiger partial charge in [-0.05, 0) is 88.7 Å². The fraction of sp³-hybridized carbons (Fsp3) is 0.458. The predicted octanol–water partition coefficient (Wildman–Crippen LogP) is 10.1. The number of imidazole rings is 2.